The molecule has 0 aliphatic heterocycles. The summed E-state index contributed by atoms with van der Waals surface area (Å²) in [6, 6.07) is 14.9. The summed E-state index contributed by atoms with van der Waals surface area (Å²) in [5, 5.41) is 3.39. The SMILES string of the molecule is CCn1cc(C(=O)Nc2ccccc2C)c(=O)c2ccccc21. The maximum atomic E-state index is 12.6. The van der Waals surface area contributed by atoms with Crippen molar-refractivity contribution >= 4 is 22.5 Å². The second-order valence-electron chi connectivity index (χ2n) is 5.44. The number of nitrogens with zero attached hydrogens (tertiary/aromatic N) is 1. The smallest absolute Gasteiger partial charge is 0.261 e. The van der Waals surface area contributed by atoms with Crippen LogP contribution in [0.5, 0.6) is 0 Å². The number of hydrogen-bond donors (Lipinski definition) is 1. The van der Waals surface area contributed by atoms with Crippen molar-refractivity contribution in [3.8, 4) is 0 Å². The third kappa shape index (κ3) is 2.75. The van der Waals surface area contributed by atoms with Crippen LogP contribution in [0.15, 0.2) is 59.5 Å². The Hall–Kier alpha value is -2.88. The number of carbonyl (C=O) groups excluding carboxylic acids is 1. The van der Waals surface area contributed by atoms with Gasteiger partial charge in [0, 0.05) is 23.8 Å². The van der Waals surface area contributed by atoms with Gasteiger partial charge in [-0.2, -0.15) is 0 Å². The minimum Gasteiger partial charge on any atom is -0.347 e. The summed E-state index contributed by atoms with van der Waals surface area (Å²) < 4.78 is 1.92. The molecule has 0 aliphatic rings. The molecule has 0 aliphatic carbocycles. The lowest BCUT2D eigenvalue weighted by molar-refractivity contribution is 0.102. The first-order valence-electron chi connectivity index (χ1n) is 7.61. The van der Waals surface area contributed by atoms with Gasteiger partial charge in [0.05, 0.1) is 5.52 Å². The predicted molar refractivity (Wildman–Crippen MR) is 93.0 cm³/mol. The number of carbonyl (C=O) groups is 1. The van der Waals surface area contributed by atoms with Gasteiger partial charge < -0.3 is 9.88 Å². The van der Waals surface area contributed by atoms with Crippen molar-refractivity contribution in [2.75, 3.05) is 5.32 Å². The first-order chi connectivity index (χ1) is 11.1. The number of amides is 1. The van der Waals surface area contributed by atoms with Crippen LogP contribution in [0, 0.1) is 6.92 Å². The third-order valence-corrected chi connectivity index (χ3v) is 3.97. The van der Waals surface area contributed by atoms with Crippen LogP contribution in [0.1, 0.15) is 22.8 Å². The van der Waals surface area contributed by atoms with Crippen molar-refractivity contribution < 1.29 is 4.79 Å². The number of para-hydroxylation sites is 2. The van der Waals surface area contributed by atoms with E-state index in [1.54, 1.807) is 12.3 Å². The average Bonchev–Trinajstić information content (AvgIpc) is 2.57. The van der Waals surface area contributed by atoms with E-state index < -0.39 is 0 Å². The highest BCUT2D eigenvalue weighted by molar-refractivity contribution is 6.06. The molecule has 0 bridgehead atoms. The summed E-state index contributed by atoms with van der Waals surface area (Å²) in [5.41, 5.74) is 2.43. The molecule has 1 aromatic heterocycles. The molecule has 0 saturated heterocycles. The zero-order valence-electron chi connectivity index (χ0n) is 13.2. The first kappa shape index (κ1) is 15.0. The van der Waals surface area contributed by atoms with E-state index >= 15 is 0 Å². The Balaban J connectivity index is 2.09. The summed E-state index contributed by atoms with van der Waals surface area (Å²) in [7, 11) is 0. The van der Waals surface area contributed by atoms with Gasteiger partial charge in [0.25, 0.3) is 5.91 Å². The minimum absolute atomic E-state index is 0.161. The van der Waals surface area contributed by atoms with Crippen LogP contribution in [0.4, 0.5) is 5.69 Å². The lowest BCUT2D eigenvalue weighted by Gasteiger charge is -2.12. The van der Waals surface area contributed by atoms with Gasteiger partial charge in [-0.05, 0) is 37.6 Å². The summed E-state index contributed by atoms with van der Waals surface area (Å²) in [4.78, 5) is 25.2. The van der Waals surface area contributed by atoms with Crippen molar-refractivity contribution in [3.05, 3.63) is 76.1 Å². The minimum atomic E-state index is -0.378. The molecule has 1 heterocycles. The number of hydrogen-bond acceptors (Lipinski definition) is 2. The Kier molecular flexibility index (Phi) is 3.98. The van der Waals surface area contributed by atoms with E-state index in [1.165, 1.54) is 0 Å². The van der Waals surface area contributed by atoms with Crippen molar-refractivity contribution in [1.29, 1.82) is 0 Å². The molecule has 0 spiro atoms. The average molecular weight is 306 g/mol. The molecule has 0 unspecified atom stereocenters. The summed E-state index contributed by atoms with van der Waals surface area (Å²) in [6.45, 7) is 4.59. The van der Waals surface area contributed by atoms with Gasteiger partial charge in [-0.25, -0.2) is 0 Å². The van der Waals surface area contributed by atoms with E-state index in [9.17, 15) is 9.59 Å². The monoisotopic (exact) mass is 306 g/mol. The van der Waals surface area contributed by atoms with E-state index in [0.29, 0.717) is 17.6 Å². The highest BCUT2D eigenvalue weighted by atomic mass is 16.2. The number of pyridine rings is 1. The Morgan fingerprint density at radius 3 is 2.52 bits per heavy atom. The molecule has 1 N–H and O–H groups in total. The Morgan fingerprint density at radius 1 is 1.09 bits per heavy atom. The Morgan fingerprint density at radius 2 is 1.78 bits per heavy atom. The van der Waals surface area contributed by atoms with E-state index in [4.69, 9.17) is 0 Å². The molecule has 0 fully saturated rings. The quantitative estimate of drug-likeness (QED) is 0.804. The highest BCUT2D eigenvalue weighted by Crippen LogP contribution is 2.16. The van der Waals surface area contributed by atoms with Crippen LogP contribution in [-0.2, 0) is 6.54 Å². The fourth-order valence-corrected chi connectivity index (χ4v) is 2.67. The number of aryl methyl sites for hydroxylation is 2. The number of anilines is 1. The van der Waals surface area contributed by atoms with Crippen molar-refractivity contribution in [1.82, 2.24) is 4.57 Å². The van der Waals surface area contributed by atoms with Crippen LogP contribution in [0.25, 0.3) is 10.9 Å². The third-order valence-electron chi connectivity index (χ3n) is 3.97. The van der Waals surface area contributed by atoms with Gasteiger partial charge in [-0.3, -0.25) is 9.59 Å². The summed E-state index contributed by atoms with van der Waals surface area (Å²) in [6.07, 6.45) is 1.64. The molecule has 0 radical (unpaired) electrons. The predicted octanol–water partition coefficient (Wildman–Crippen LogP) is 3.58. The fourth-order valence-electron chi connectivity index (χ4n) is 2.67. The van der Waals surface area contributed by atoms with Gasteiger partial charge >= 0.3 is 0 Å². The van der Waals surface area contributed by atoms with E-state index in [0.717, 1.165) is 11.1 Å². The van der Waals surface area contributed by atoms with Crippen LogP contribution in [0.2, 0.25) is 0 Å². The molecule has 116 valence electrons. The number of benzene rings is 2. The molecular formula is C19H18N2O2. The number of fused-ring (bicyclic) bond motifs is 1. The van der Waals surface area contributed by atoms with Gasteiger partial charge in [-0.15, -0.1) is 0 Å². The number of nitrogens with one attached hydrogen (secondary N) is 1. The van der Waals surface area contributed by atoms with Gasteiger partial charge in [-0.1, -0.05) is 30.3 Å². The van der Waals surface area contributed by atoms with Crippen LogP contribution >= 0.6 is 0 Å². The molecular weight excluding hydrogens is 288 g/mol. The lowest BCUT2D eigenvalue weighted by atomic mass is 10.1. The molecule has 4 nitrogen and oxygen atoms in total. The van der Waals surface area contributed by atoms with E-state index in [-0.39, 0.29) is 16.9 Å². The summed E-state index contributed by atoms with van der Waals surface area (Å²) in [5.74, 6) is -0.378. The van der Waals surface area contributed by atoms with E-state index in [1.807, 2.05) is 60.9 Å². The van der Waals surface area contributed by atoms with Crippen LogP contribution in [0.3, 0.4) is 0 Å². The molecule has 3 rings (SSSR count). The second-order valence-corrected chi connectivity index (χ2v) is 5.44. The molecule has 4 heteroatoms. The Bertz CT molecular complexity index is 941. The normalized spacial score (nSPS) is 10.7. The first-order valence-corrected chi connectivity index (χ1v) is 7.61. The van der Waals surface area contributed by atoms with Crippen LogP contribution < -0.4 is 10.7 Å². The number of rotatable bonds is 3. The lowest BCUT2D eigenvalue weighted by Crippen LogP contribution is -2.24. The number of aromatic nitrogens is 1. The van der Waals surface area contributed by atoms with Crippen molar-refractivity contribution in [2.24, 2.45) is 0 Å². The standard InChI is InChI=1S/C19H18N2O2/c1-3-21-12-15(18(22)14-9-5-7-11-17(14)21)19(23)20-16-10-6-4-8-13(16)2/h4-12H,3H2,1-2H3,(H,20,23). The van der Waals surface area contributed by atoms with Crippen molar-refractivity contribution in [2.45, 2.75) is 20.4 Å². The van der Waals surface area contributed by atoms with Gasteiger partial charge in [0.1, 0.15) is 5.56 Å². The van der Waals surface area contributed by atoms with E-state index in [2.05, 4.69) is 5.32 Å². The molecule has 0 saturated carbocycles. The maximum absolute atomic E-state index is 12.6. The molecule has 3 aromatic rings. The topological polar surface area (TPSA) is 51.1 Å². The molecule has 0 atom stereocenters. The zero-order chi connectivity index (χ0) is 16.4. The molecule has 1 amide bonds. The van der Waals surface area contributed by atoms with Gasteiger partial charge in [0.15, 0.2) is 0 Å². The Labute approximate surface area is 134 Å². The second kappa shape index (κ2) is 6.08. The van der Waals surface area contributed by atoms with Crippen LogP contribution in [-0.4, -0.2) is 10.5 Å². The zero-order valence-corrected chi connectivity index (χ0v) is 13.2. The molecule has 23 heavy (non-hydrogen) atoms. The van der Waals surface area contributed by atoms with Gasteiger partial charge in [0.2, 0.25) is 5.43 Å². The summed E-state index contributed by atoms with van der Waals surface area (Å²) >= 11 is 0. The largest absolute Gasteiger partial charge is 0.347 e. The fraction of sp³-hybridized carbons (Fsp3) is 0.158. The maximum Gasteiger partial charge on any atom is 0.261 e. The molecule has 2 aromatic carbocycles. The van der Waals surface area contributed by atoms with Crippen molar-refractivity contribution in [3.63, 3.8) is 0 Å². The highest BCUT2D eigenvalue weighted by Gasteiger charge is 2.15.